The van der Waals surface area contributed by atoms with Gasteiger partial charge in [-0.05, 0) is 51.7 Å². The molecule has 5 heteroatoms. The number of amides is 2. The molecule has 1 heterocycles. The number of aryl methyl sites for hydroxylation is 2. The normalized spacial score (nSPS) is 18.0. The Labute approximate surface area is 138 Å². The minimum Gasteiger partial charge on any atom is -0.362 e. The fraction of sp³-hybridized carbons (Fsp3) is 0.556. The zero-order valence-corrected chi connectivity index (χ0v) is 14.3. The Hall–Kier alpha value is -2.04. The highest BCUT2D eigenvalue weighted by Crippen LogP contribution is 2.20. The van der Waals surface area contributed by atoms with E-state index in [1.807, 2.05) is 11.8 Å². The monoisotopic (exact) mass is 317 g/mol. The van der Waals surface area contributed by atoms with E-state index in [4.69, 9.17) is 0 Å². The molecule has 1 unspecified atom stereocenters. The molecule has 1 saturated heterocycles. The molecule has 0 saturated carbocycles. The first kappa shape index (κ1) is 17.3. The first-order valence-corrected chi connectivity index (χ1v) is 8.40. The summed E-state index contributed by atoms with van der Waals surface area (Å²) < 4.78 is 0. The molecule has 23 heavy (non-hydrogen) atoms. The average molecular weight is 317 g/mol. The van der Waals surface area contributed by atoms with Crippen molar-refractivity contribution in [2.45, 2.75) is 46.1 Å². The number of anilines is 1. The van der Waals surface area contributed by atoms with Crippen LogP contribution in [0.5, 0.6) is 0 Å². The van der Waals surface area contributed by atoms with Crippen LogP contribution in [-0.2, 0) is 9.59 Å². The molecule has 1 aliphatic heterocycles. The number of hydrogen-bond donors (Lipinski definition) is 2. The van der Waals surface area contributed by atoms with E-state index in [9.17, 15) is 9.59 Å². The molecule has 0 aromatic heterocycles. The van der Waals surface area contributed by atoms with Crippen LogP contribution in [0.25, 0.3) is 0 Å². The van der Waals surface area contributed by atoms with Crippen LogP contribution in [-0.4, -0.2) is 37.5 Å². The van der Waals surface area contributed by atoms with Crippen molar-refractivity contribution in [2.75, 3.05) is 24.5 Å². The van der Waals surface area contributed by atoms with Gasteiger partial charge in [-0.2, -0.15) is 0 Å². The quantitative estimate of drug-likeness (QED) is 0.872. The van der Waals surface area contributed by atoms with Gasteiger partial charge >= 0.3 is 0 Å². The number of likely N-dealkylation sites (N-methyl/N-ethyl adjacent to an activating group) is 1. The van der Waals surface area contributed by atoms with E-state index in [0.717, 1.165) is 30.6 Å². The van der Waals surface area contributed by atoms with Gasteiger partial charge in [0, 0.05) is 18.8 Å². The Morgan fingerprint density at radius 2 is 2.13 bits per heavy atom. The predicted octanol–water partition coefficient (Wildman–Crippen LogP) is 1.91. The van der Waals surface area contributed by atoms with E-state index < -0.39 is 6.04 Å². The van der Waals surface area contributed by atoms with Crippen molar-refractivity contribution in [3.05, 3.63) is 29.3 Å². The van der Waals surface area contributed by atoms with Crippen molar-refractivity contribution >= 4 is 17.5 Å². The lowest BCUT2D eigenvalue weighted by Gasteiger charge is -2.25. The van der Waals surface area contributed by atoms with Crippen LogP contribution in [0.1, 0.15) is 37.3 Å². The lowest BCUT2D eigenvalue weighted by molar-refractivity contribution is -0.128. The SMILES string of the molecule is CCN(CC(=O)NC1CCCCNC1=O)c1ccc(C)cc1C. The fourth-order valence-electron chi connectivity index (χ4n) is 3.02. The third-order valence-corrected chi connectivity index (χ3v) is 4.28. The number of nitrogens with one attached hydrogen (secondary N) is 2. The minimum absolute atomic E-state index is 0.0644. The van der Waals surface area contributed by atoms with Crippen molar-refractivity contribution in [3.63, 3.8) is 0 Å². The molecule has 2 N–H and O–H groups in total. The van der Waals surface area contributed by atoms with Gasteiger partial charge in [-0.15, -0.1) is 0 Å². The second kappa shape index (κ2) is 7.99. The van der Waals surface area contributed by atoms with Crippen molar-refractivity contribution in [1.82, 2.24) is 10.6 Å². The first-order valence-electron chi connectivity index (χ1n) is 8.40. The summed E-state index contributed by atoms with van der Waals surface area (Å²) in [5, 5.41) is 5.73. The van der Waals surface area contributed by atoms with E-state index in [1.54, 1.807) is 0 Å². The van der Waals surface area contributed by atoms with Gasteiger partial charge in [0.25, 0.3) is 0 Å². The summed E-state index contributed by atoms with van der Waals surface area (Å²) in [7, 11) is 0. The van der Waals surface area contributed by atoms with E-state index in [1.165, 1.54) is 5.56 Å². The molecule has 1 atom stereocenters. The van der Waals surface area contributed by atoms with Gasteiger partial charge in [-0.1, -0.05) is 17.7 Å². The van der Waals surface area contributed by atoms with Crippen LogP contribution in [0.4, 0.5) is 5.69 Å². The van der Waals surface area contributed by atoms with E-state index in [0.29, 0.717) is 13.0 Å². The van der Waals surface area contributed by atoms with E-state index in [-0.39, 0.29) is 18.4 Å². The molecule has 2 rings (SSSR count). The van der Waals surface area contributed by atoms with Gasteiger partial charge in [0.1, 0.15) is 6.04 Å². The summed E-state index contributed by atoms with van der Waals surface area (Å²) in [6.07, 6.45) is 2.65. The number of hydrogen-bond acceptors (Lipinski definition) is 3. The third kappa shape index (κ3) is 4.71. The van der Waals surface area contributed by atoms with Gasteiger partial charge in [0.05, 0.1) is 6.54 Å². The molecular weight excluding hydrogens is 290 g/mol. The predicted molar refractivity (Wildman–Crippen MR) is 92.6 cm³/mol. The number of nitrogens with zero attached hydrogens (tertiary/aromatic N) is 1. The Balaban J connectivity index is 2.00. The van der Waals surface area contributed by atoms with Crippen LogP contribution >= 0.6 is 0 Å². The molecule has 1 fully saturated rings. The van der Waals surface area contributed by atoms with Gasteiger partial charge in [0.2, 0.25) is 11.8 Å². The third-order valence-electron chi connectivity index (χ3n) is 4.28. The molecule has 1 aliphatic rings. The van der Waals surface area contributed by atoms with E-state index >= 15 is 0 Å². The number of carbonyl (C=O) groups excluding carboxylic acids is 2. The second-order valence-electron chi connectivity index (χ2n) is 6.21. The van der Waals surface area contributed by atoms with Crippen LogP contribution in [0.2, 0.25) is 0 Å². The highest BCUT2D eigenvalue weighted by molar-refractivity contribution is 5.89. The van der Waals surface area contributed by atoms with Crippen LogP contribution in [0.15, 0.2) is 18.2 Å². The summed E-state index contributed by atoms with van der Waals surface area (Å²) in [5.41, 5.74) is 3.44. The molecule has 0 radical (unpaired) electrons. The zero-order valence-electron chi connectivity index (χ0n) is 14.3. The van der Waals surface area contributed by atoms with Crippen LogP contribution in [0.3, 0.4) is 0 Å². The summed E-state index contributed by atoms with van der Waals surface area (Å²) in [6.45, 7) is 7.87. The maximum atomic E-state index is 12.4. The molecular formula is C18H27N3O2. The van der Waals surface area contributed by atoms with Gasteiger partial charge in [0.15, 0.2) is 0 Å². The highest BCUT2D eigenvalue weighted by Gasteiger charge is 2.23. The maximum Gasteiger partial charge on any atom is 0.242 e. The molecule has 0 aliphatic carbocycles. The molecule has 126 valence electrons. The minimum atomic E-state index is -0.400. The lowest BCUT2D eigenvalue weighted by Crippen LogP contribution is -2.48. The van der Waals surface area contributed by atoms with Gasteiger partial charge in [-0.3, -0.25) is 9.59 Å². The first-order chi connectivity index (χ1) is 11.0. The summed E-state index contributed by atoms with van der Waals surface area (Å²) in [6, 6.07) is 5.83. The second-order valence-corrected chi connectivity index (χ2v) is 6.21. The molecule has 0 spiro atoms. The Kier molecular flexibility index (Phi) is 6.02. The van der Waals surface area contributed by atoms with Gasteiger partial charge < -0.3 is 15.5 Å². The Morgan fingerprint density at radius 3 is 2.83 bits per heavy atom. The average Bonchev–Trinajstić information content (AvgIpc) is 2.70. The zero-order chi connectivity index (χ0) is 16.8. The molecule has 5 nitrogen and oxygen atoms in total. The largest absolute Gasteiger partial charge is 0.362 e. The number of rotatable bonds is 5. The number of carbonyl (C=O) groups is 2. The molecule has 2 amide bonds. The topological polar surface area (TPSA) is 61.4 Å². The lowest BCUT2D eigenvalue weighted by atomic mass is 10.1. The van der Waals surface area contributed by atoms with Crippen LogP contribution < -0.4 is 15.5 Å². The summed E-state index contributed by atoms with van der Waals surface area (Å²) in [5.74, 6) is -0.167. The standard InChI is InChI=1S/C18H27N3O2/c1-4-21(16-9-8-13(2)11-14(16)3)12-17(22)20-15-7-5-6-10-19-18(15)23/h8-9,11,15H,4-7,10,12H2,1-3H3,(H,19,23)(H,20,22). The van der Waals surface area contributed by atoms with Crippen molar-refractivity contribution in [3.8, 4) is 0 Å². The van der Waals surface area contributed by atoms with Crippen LogP contribution in [0, 0.1) is 13.8 Å². The highest BCUT2D eigenvalue weighted by atomic mass is 16.2. The summed E-state index contributed by atoms with van der Waals surface area (Å²) in [4.78, 5) is 26.3. The Bertz CT molecular complexity index is 571. The summed E-state index contributed by atoms with van der Waals surface area (Å²) >= 11 is 0. The van der Waals surface area contributed by atoms with Crippen molar-refractivity contribution < 1.29 is 9.59 Å². The molecule has 0 bridgehead atoms. The van der Waals surface area contributed by atoms with Crippen molar-refractivity contribution in [1.29, 1.82) is 0 Å². The molecule has 1 aromatic carbocycles. The number of benzene rings is 1. The van der Waals surface area contributed by atoms with Crippen molar-refractivity contribution in [2.24, 2.45) is 0 Å². The fourth-order valence-corrected chi connectivity index (χ4v) is 3.02. The van der Waals surface area contributed by atoms with Gasteiger partial charge in [-0.25, -0.2) is 0 Å². The smallest absolute Gasteiger partial charge is 0.242 e. The maximum absolute atomic E-state index is 12.4. The Morgan fingerprint density at radius 1 is 1.35 bits per heavy atom. The van der Waals surface area contributed by atoms with E-state index in [2.05, 4.69) is 42.7 Å². The molecule has 1 aromatic rings.